The lowest BCUT2D eigenvalue weighted by molar-refractivity contribution is -0.135. The third-order valence-electron chi connectivity index (χ3n) is 3.48. The first-order chi connectivity index (χ1) is 12.0. The fourth-order valence-electron chi connectivity index (χ4n) is 2.43. The minimum absolute atomic E-state index is 0.287. The Bertz CT molecular complexity index is 851. The van der Waals surface area contributed by atoms with Gasteiger partial charge in [-0.1, -0.05) is 34.1 Å². The maximum Gasteiger partial charge on any atom is 0.308 e. The van der Waals surface area contributed by atoms with Crippen molar-refractivity contribution in [2.24, 2.45) is 5.10 Å². The van der Waals surface area contributed by atoms with Gasteiger partial charge in [0.25, 0.3) is 0 Å². The van der Waals surface area contributed by atoms with Gasteiger partial charge in [-0.2, -0.15) is 5.01 Å². The molecule has 1 heterocycles. The fraction of sp³-hybridized carbons (Fsp3) is 0.167. The molecule has 0 saturated heterocycles. The number of ether oxygens (including phenoxy) is 2. The van der Waals surface area contributed by atoms with Crippen molar-refractivity contribution < 1.29 is 19.1 Å². The van der Waals surface area contributed by atoms with Crippen molar-refractivity contribution in [3.8, 4) is 5.75 Å². The predicted octanol–water partition coefficient (Wildman–Crippen LogP) is 3.61. The molecule has 6 nitrogen and oxygen atoms in total. The number of benzene rings is 2. The number of esters is 1. The van der Waals surface area contributed by atoms with Crippen LogP contribution in [-0.4, -0.2) is 22.8 Å². The minimum atomic E-state index is -0.820. The summed E-state index contributed by atoms with van der Waals surface area (Å²) >= 11 is 3.39. The normalized spacial score (nSPS) is 16.2. The second kappa shape index (κ2) is 7.06. The molecule has 1 amide bonds. The van der Waals surface area contributed by atoms with Crippen LogP contribution in [0.5, 0.6) is 5.75 Å². The maximum atomic E-state index is 12.0. The molecule has 0 radical (unpaired) electrons. The van der Waals surface area contributed by atoms with Gasteiger partial charge in [0.15, 0.2) is 0 Å². The number of nitrogens with zero attached hydrogens (tertiary/aromatic N) is 2. The molecule has 0 unspecified atom stereocenters. The Morgan fingerprint density at radius 3 is 2.52 bits per heavy atom. The lowest BCUT2D eigenvalue weighted by Crippen LogP contribution is -2.26. The summed E-state index contributed by atoms with van der Waals surface area (Å²) in [5, 5.41) is 5.52. The molecule has 0 spiro atoms. The maximum absolute atomic E-state index is 12.0. The number of rotatable bonds is 3. The standard InChI is InChI=1S/C18H15BrN2O4/c1-11(22)21-18(25-17(20-21)13-6-4-3-5-7-13)15-10-14(19)8-9-16(15)24-12(2)23/h3-10,18H,1-2H3/t18-/m0/s1. The van der Waals surface area contributed by atoms with E-state index in [0.29, 0.717) is 17.2 Å². The van der Waals surface area contributed by atoms with Crippen molar-refractivity contribution in [3.05, 3.63) is 64.1 Å². The van der Waals surface area contributed by atoms with Gasteiger partial charge >= 0.3 is 5.97 Å². The van der Waals surface area contributed by atoms with Gasteiger partial charge in [-0.05, 0) is 30.3 Å². The highest BCUT2D eigenvalue weighted by Crippen LogP contribution is 2.37. The average Bonchev–Trinajstić information content (AvgIpc) is 3.02. The molecule has 2 aromatic rings. The molecule has 3 rings (SSSR count). The highest BCUT2D eigenvalue weighted by atomic mass is 79.9. The largest absolute Gasteiger partial charge is 0.446 e. The molecule has 0 aliphatic carbocycles. The van der Waals surface area contributed by atoms with E-state index in [4.69, 9.17) is 9.47 Å². The Kier molecular flexibility index (Phi) is 4.85. The Hall–Kier alpha value is -2.67. The molecule has 0 bridgehead atoms. The lowest BCUT2D eigenvalue weighted by atomic mass is 10.1. The van der Waals surface area contributed by atoms with Gasteiger partial charge in [0.2, 0.25) is 18.0 Å². The zero-order chi connectivity index (χ0) is 18.0. The van der Waals surface area contributed by atoms with Crippen molar-refractivity contribution in [3.63, 3.8) is 0 Å². The molecule has 25 heavy (non-hydrogen) atoms. The summed E-state index contributed by atoms with van der Waals surface area (Å²) in [5.74, 6) is -0.101. The van der Waals surface area contributed by atoms with Crippen LogP contribution in [0.4, 0.5) is 0 Å². The summed E-state index contributed by atoms with van der Waals surface area (Å²) in [6.07, 6.45) is -0.820. The van der Waals surface area contributed by atoms with Crippen molar-refractivity contribution >= 4 is 33.7 Å². The number of carbonyl (C=O) groups is 2. The van der Waals surface area contributed by atoms with Crippen molar-refractivity contribution in [1.82, 2.24) is 5.01 Å². The molecular formula is C18H15BrN2O4. The first-order valence-electron chi connectivity index (χ1n) is 7.54. The van der Waals surface area contributed by atoms with Gasteiger partial charge < -0.3 is 9.47 Å². The SMILES string of the molecule is CC(=O)Oc1ccc(Br)cc1[C@@H]1OC(c2ccccc2)=NN1C(C)=O. The highest BCUT2D eigenvalue weighted by molar-refractivity contribution is 9.10. The Balaban J connectivity index is 2.01. The summed E-state index contributed by atoms with van der Waals surface area (Å²) < 4.78 is 11.9. The van der Waals surface area contributed by atoms with E-state index >= 15 is 0 Å². The fourth-order valence-corrected chi connectivity index (χ4v) is 2.81. The number of hydrogen-bond acceptors (Lipinski definition) is 5. The molecule has 2 aromatic carbocycles. The van der Waals surface area contributed by atoms with Crippen LogP contribution in [0, 0.1) is 0 Å². The second-order valence-electron chi connectivity index (χ2n) is 5.38. The van der Waals surface area contributed by atoms with Crippen LogP contribution in [0.15, 0.2) is 58.1 Å². The molecule has 128 valence electrons. The topological polar surface area (TPSA) is 68.2 Å². The summed E-state index contributed by atoms with van der Waals surface area (Å²) in [6.45, 7) is 2.72. The van der Waals surface area contributed by atoms with Crippen molar-refractivity contribution in [2.45, 2.75) is 20.1 Å². The van der Waals surface area contributed by atoms with E-state index in [1.165, 1.54) is 18.9 Å². The van der Waals surface area contributed by atoms with Gasteiger partial charge in [-0.3, -0.25) is 9.59 Å². The zero-order valence-electron chi connectivity index (χ0n) is 13.6. The average molecular weight is 403 g/mol. The second-order valence-corrected chi connectivity index (χ2v) is 6.30. The van der Waals surface area contributed by atoms with Crippen LogP contribution >= 0.6 is 15.9 Å². The summed E-state index contributed by atoms with van der Waals surface area (Å²) in [6, 6.07) is 14.4. The number of hydrogen-bond donors (Lipinski definition) is 0. The van der Waals surface area contributed by atoms with E-state index in [1.54, 1.807) is 18.2 Å². The number of hydrazone groups is 1. The predicted molar refractivity (Wildman–Crippen MR) is 94.8 cm³/mol. The molecule has 1 atom stereocenters. The van der Waals surface area contributed by atoms with E-state index in [-0.39, 0.29) is 5.91 Å². The van der Waals surface area contributed by atoms with Gasteiger partial charge in [0, 0.05) is 23.9 Å². The molecule has 0 fully saturated rings. The smallest absolute Gasteiger partial charge is 0.308 e. The van der Waals surface area contributed by atoms with Crippen LogP contribution in [0.3, 0.4) is 0 Å². The molecule has 0 saturated carbocycles. The zero-order valence-corrected chi connectivity index (χ0v) is 15.2. The summed E-state index contributed by atoms with van der Waals surface area (Å²) in [5.41, 5.74) is 1.27. The minimum Gasteiger partial charge on any atom is -0.446 e. The van der Waals surface area contributed by atoms with E-state index in [0.717, 1.165) is 10.0 Å². The number of halogens is 1. The number of carbonyl (C=O) groups excluding carboxylic acids is 2. The summed E-state index contributed by atoms with van der Waals surface area (Å²) in [7, 11) is 0. The quantitative estimate of drug-likeness (QED) is 0.580. The van der Waals surface area contributed by atoms with Crippen LogP contribution in [-0.2, 0) is 14.3 Å². The van der Waals surface area contributed by atoms with E-state index < -0.39 is 12.2 Å². The molecule has 7 heteroatoms. The van der Waals surface area contributed by atoms with Crippen LogP contribution < -0.4 is 4.74 Å². The third-order valence-corrected chi connectivity index (χ3v) is 3.97. The summed E-state index contributed by atoms with van der Waals surface area (Å²) in [4.78, 5) is 23.4. The Morgan fingerprint density at radius 2 is 1.88 bits per heavy atom. The van der Waals surface area contributed by atoms with Crippen LogP contribution in [0.25, 0.3) is 0 Å². The van der Waals surface area contributed by atoms with E-state index in [1.807, 2.05) is 30.3 Å². The highest BCUT2D eigenvalue weighted by Gasteiger charge is 2.35. The van der Waals surface area contributed by atoms with Crippen LogP contribution in [0.1, 0.15) is 31.2 Å². The third kappa shape index (κ3) is 3.71. The number of amides is 1. The van der Waals surface area contributed by atoms with E-state index in [9.17, 15) is 9.59 Å². The van der Waals surface area contributed by atoms with Gasteiger partial charge in [0.1, 0.15) is 5.75 Å². The van der Waals surface area contributed by atoms with Crippen molar-refractivity contribution in [2.75, 3.05) is 0 Å². The molecule has 1 aliphatic rings. The van der Waals surface area contributed by atoms with Crippen LogP contribution in [0.2, 0.25) is 0 Å². The van der Waals surface area contributed by atoms with Gasteiger partial charge in [0.05, 0.1) is 5.56 Å². The van der Waals surface area contributed by atoms with Gasteiger partial charge in [-0.15, -0.1) is 5.10 Å². The molecule has 0 aromatic heterocycles. The first-order valence-corrected chi connectivity index (χ1v) is 8.33. The Labute approximate surface area is 153 Å². The lowest BCUT2D eigenvalue weighted by Gasteiger charge is -2.21. The molecule has 0 N–H and O–H groups in total. The van der Waals surface area contributed by atoms with Crippen molar-refractivity contribution in [1.29, 1.82) is 0 Å². The molecular weight excluding hydrogens is 388 g/mol. The Morgan fingerprint density at radius 1 is 1.16 bits per heavy atom. The van der Waals surface area contributed by atoms with Gasteiger partial charge in [-0.25, -0.2) is 0 Å². The van der Waals surface area contributed by atoms with E-state index in [2.05, 4.69) is 21.0 Å². The first kappa shape index (κ1) is 17.2. The monoisotopic (exact) mass is 402 g/mol. The molecule has 1 aliphatic heterocycles.